The first-order chi connectivity index (χ1) is 15.6. The zero-order valence-corrected chi connectivity index (χ0v) is 18.4. The standard InChI is InChI=1S/C22H24ClFN4O4/c1-30-20-13-19-16(12-21(20)32-8-2-5-27-6-9-31-10-7-27)22(26-14-25-19)28(29)15-3-4-18(24)17(23)11-15/h3-4,11-14,29H,2,5-10H2,1H3. The number of fused-ring (bicyclic) bond motifs is 1. The highest BCUT2D eigenvalue weighted by Gasteiger charge is 2.17. The van der Waals surface area contributed by atoms with Crippen molar-refractivity contribution in [3.05, 3.63) is 47.5 Å². The molecule has 0 bridgehead atoms. The van der Waals surface area contributed by atoms with Crippen LogP contribution in [0.15, 0.2) is 36.7 Å². The van der Waals surface area contributed by atoms with E-state index >= 15 is 0 Å². The predicted octanol–water partition coefficient (Wildman–Crippen LogP) is 4.06. The highest BCUT2D eigenvalue weighted by atomic mass is 35.5. The molecule has 1 saturated heterocycles. The average Bonchev–Trinajstić information content (AvgIpc) is 2.83. The molecule has 0 radical (unpaired) electrons. The van der Waals surface area contributed by atoms with Crippen molar-refractivity contribution in [2.24, 2.45) is 0 Å². The molecule has 4 rings (SSSR count). The number of methoxy groups -OCH3 is 1. The fourth-order valence-electron chi connectivity index (χ4n) is 3.53. The van der Waals surface area contributed by atoms with Crippen LogP contribution >= 0.6 is 11.6 Å². The molecule has 2 heterocycles. The van der Waals surface area contributed by atoms with Crippen LogP contribution in [0, 0.1) is 5.82 Å². The topological polar surface area (TPSA) is 80.2 Å². The van der Waals surface area contributed by atoms with E-state index in [0.717, 1.165) is 44.3 Å². The Balaban J connectivity index is 1.56. The number of halogens is 2. The molecule has 0 saturated carbocycles. The van der Waals surface area contributed by atoms with Crippen LogP contribution in [0.25, 0.3) is 10.9 Å². The Morgan fingerprint density at radius 3 is 2.75 bits per heavy atom. The van der Waals surface area contributed by atoms with Gasteiger partial charge in [0.25, 0.3) is 0 Å². The van der Waals surface area contributed by atoms with Crippen molar-refractivity contribution >= 4 is 34.0 Å². The maximum atomic E-state index is 13.5. The summed E-state index contributed by atoms with van der Waals surface area (Å²) in [6.07, 6.45) is 2.17. The summed E-state index contributed by atoms with van der Waals surface area (Å²) < 4.78 is 30.4. The zero-order chi connectivity index (χ0) is 22.5. The Morgan fingerprint density at radius 1 is 1.19 bits per heavy atom. The van der Waals surface area contributed by atoms with Gasteiger partial charge in [0.05, 0.1) is 43.2 Å². The SMILES string of the molecule is COc1cc2ncnc(N(O)c3ccc(F)c(Cl)c3)c2cc1OCCCN1CCOCC1. The van der Waals surface area contributed by atoms with Crippen LogP contribution in [0.2, 0.25) is 5.02 Å². The van der Waals surface area contributed by atoms with Gasteiger partial charge in [-0.3, -0.25) is 10.1 Å². The van der Waals surface area contributed by atoms with E-state index in [1.165, 1.54) is 24.5 Å². The summed E-state index contributed by atoms with van der Waals surface area (Å²) in [6.45, 7) is 4.81. The average molecular weight is 463 g/mol. The summed E-state index contributed by atoms with van der Waals surface area (Å²) in [4.78, 5) is 10.8. The van der Waals surface area contributed by atoms with Gasteiger partial charge >= 0.3 is 0 Å². The molecule has 1 aliphatic heterocycles. The maximum Gasteiger partial charge on any atom is 0.169 e. The Bertz CT molecular complexity index is 1080. The highest BCUT2D eigenvalue weighted by Crippen LogP contribution is 2.37. The molecule has 8 nitrogen and oxygen atoms in total. The molecule has 0 amide bonds. The van der Waals surface area contributed by atoms with Gasteiger partial charge in [0.1, 0.15) is 12.1 Å². The third-order valence-electron chi connectivity index (χ3n) is 5.23. The quantitative estimate of drug-likeness (QED) is 0.396. The van der Waals surface area contributed by atoms with E-state index < -0.39 is 5.82 Å². The number of aromatic nitrogens is 2. The smallest absolute Gasteiger partial charge is 0.169 e. The highest BCUT2D eigenvalue weighted by molar-refractivity contribution is 6.31. The Morgan fingerprint density at radius 2 is 2.00 bits per heavy atom. The first-order valence-electron chi connectivity index (χ1n) is 10.3. The second-order valence-electron chi connectivity index (χ2n) is 7.28. The van der Waals surface area contributed by atoms with E-state index in [9.17, 15) is 9.60 Å². The van der Waals surface area contributed by atoms with Crippen LogP contribution in [0.5, 0.6) is 11.5 Å². The number of rotatable bonds is 8. The van der Waals surface area contributed by atoms with Gasteiger partial charge < -0.3 is 14.2 Å². The van der Waals surface area contributed by atoms with Gasteiger partial charge in [0, 0.05) is 31.1 Å². The Hall–Kier alpha value is -2.72. The maximum absolute atomic E-state index is 13.5. The summed E-state index contributed by atoms with van der Waals surface area (Å²) >= 11 is 5.86. The molecule has 2 aromatic carbocycles. The molecule has 0 atom stereocenters. The summed E-state index contributed by atoms with van der Waals surface area (Å²) in [5.74, 6) is 0.679. The third-order valence-corrected chi connectivity index (χ3v) is 5.52. The third kappa shape index (κ3) is 5.02. The number of benzene rings is 2. The zero-order valence-electron chi connectivity index (χ0n) is 17.6. The minimum Gasteiger partial charge on any atom is -0.493 e. The molecule has 0 aliphatic carbocycles. The Kier molecular flexibility index (Phi) is 7.21. The van der Waals surface area contributed by atoms with E-state index in [2.05, 4.69) is 14.9 Å². The fourth-order valence-corrected chi connectivity index (χ4v) is 3.70. The number of morpholine rings is 1. The van der Waals surface area contributed by atoms with Crippen molar-refractivity contribution < 1.29 is 23.8 Å². The molecule has 10 heteroatoms. The molecule has 1 aliphatic rings. The summed E-state index contributed by atoms with van der Waals surface area (Å²) in [7, 11) is 1.56. The fraction of sp³-hybridized carbons (Fsp3) is 0.364. The van der Waals surface area contributed by atoms with Crippen LogP contribution in [0.3, 0.4) is 0 Å². The van der Waals surface area contributed by atoms with Crippen LogP contribution in [-0.4, -0.2) is 66.6 Å². The van der Waals surface area contributed by atoms with Gasteiger partial charge in [-0.1, -0.05) is 11.6 Å². The lowest BCUT2D eigenvalue weighted by Gasteiger charge is -2.26. The second-order valence-corrected chi connectivity index (χ2v) is 7.69. The number of ether oxygens (including phenoxy) is 3. The van der Waals surface area contributed by atoms with Gasteiger partial charge in [0.2, 0.25) is 0 Å². The largest absolute Gasteiger partial charge is 0.493 e. The van der Waals surface area contributed by atoms with Crippen molar-refractivity contribution in [3.63, 3.8) is 0 Å². The summed E-state index contributed by atoms with van der Waals surface area (Å²) in [6, 6.07) is 7.35. The van der Waals surface area contributed by atoms with E-state index in [-0.39, 0.29) is 16.5 Å². The van der Waals surface area contributed by atoms with Crippen LogP contribution in [0.4, 0.5) is 15.9 Å². The molecule has 170 valence electrons. The first-order valence-corrected chi connectivity index (χ1v) is 10.6. The van der Waals surface area contributed by atoms with E-state index in [4.69, 9.17) is 25.8 Å². The van der Waals surface area contributed by atoms with Gasteiger partial charge in [-0.25, -0.2) is 19.4 Å². The first kappa shape index (κ1) is 22.5. The van der Waals surface area contributed by atoms with Crippen molar-refractivity contribution in [1.29, 1.82) is 0 Å². The lowest BCUT2D eigenvalue weighted by Crippen LogP contribution is -2.37. The lowest BCUT2D eigenvalue weighted by atomic mass is 10.2. The van der Waals surface area contributed by atoms with Gasteiger partial charge in [-0.05, 0) is 30.7 Å². The minimum atomic E-state index is -0.575. The van der Waals surface area contributed by atoms with Crippen molar-refractivity contribution in [3.8, 4) is 11.5 Å². The number of nitrogens with zero attached hydrogens (tertiary/aromatic N) is 4. The van der Waals surface area contributed by atoms with Crippen LogP contribution < -0.4 is 14.5 Å². The second kappa shape index (κ2) is 10.3. The normalized spacial score (nSPS) is 14.5. The molecule has 0 unspecified atom stereocenters. The Labute approximate surface area is 190 Å². The monoisotopic (exact) mass is 462 g/mol. The number of hydrogen-bond acceptors (Lipinski definition) is 8. The van der Waals surface area contributed by atoms with Gasteiger partial charge in [0.15, 0.2) is 17.3 Å². The summed E-state index contributed by atoms with van der Waals surface area (Å²) in [5.41, 5.74) is 0.819. The summed E-state index contributed by atoms with van der Waals surface area (Å²) in [5, 5.41) is 12.0. The van der Waals surface area contributed by atoms with Gasteiger partial charge in [-0.2, -0.15) is 0 Å². The van der Waals surface area contributed by atoms with E-state index in [1.54, 1.807) is 19.2 Å². The molecular weight excluding hydrogens is 439 g/mol. The molecule has 1 N–H and O–H groups in total. The van der Waals surface area contributed by atoms with Crippen molar-refractivity contribution in [2.45, 2.75) is 6.42 Å². The predicted molar refractivity (Wildman–Crippen MR) is 119 cm³/mol. The van der Waals surface area contributed by atoms with Crippen LogP contribution in [-0.2, 0) is 4.74 Å². The number of anilines is 2. The van der Waals surface area contributed by atoms with Crippen LogP contribution in [0.1, 0.15) is 6.42 Å². The molecule has 1 fully saturated rings. The van der Waals surface area contributed by atoms with E-state index in [1.807, 2.05) is 0 Å². The molecular formula is C22H24ClFN4O4. The molecule has 3 aromatic rings. The molecule has 32 heavy (non-hydrogen) atoms. The van der Waals surface area contributed by atoms with Crippen molar-refractivity contribution in [2.75, 3.05) is 51.6 Å². The van der Waals surface area contributed by atoms with E-state index in [0.29, 0.717) is 29.0 Å². The van der Waals surface area contributed by atoms with Crippen molar-refractivity contribution in [1.82, 2.24) is 14.9 Å². The number of hydrogen-bond donors (Lipinski definition) is 1. The molecule has 0 spiro atoms. The lowest BCUT2D eigenvalue weighted by molar-refractivity contribution is 0.0357. The minimum absolute atomic E-state index is 0.106. The molecule has 1 aromatic heterocycles. The van der Waals surface area contributed by atoms with Gasteiger partial charge in [-0.15, -0.1) is 0 Å².